The maximum atomic E-state index is 11.9. The van der Waals surface area contributed by atoms with Gasteiger partial charge < -0.3 is 16.0 Å². The third kappa shape index (κ3) is 4.90. The molecule has 0 aromatic heterocycles. The lowest BCUT2D eigenvalue weighted by Crippen LogP contribution is -2.30. The molecular weight excluding hydrogens is 286 g/mol. The Hall–Kier alpha value is -1.26. The summed E-state index contributed by atoms with van der Waals surface area (Å²) < 4.78 is 0. The summed E-state index contributed by atoms with van der Waals surface area (Å²) >= 11 is 5.84. The predicted octanol–water partition coefficient (Wildman–Crippen LogP) is 3.52. The van der Waals surface area contributed by atoms with Crippen molar-refractivity contribution in [3.63, 3.8) is 0 Å². The number of anilines is 2. The summed E-state index contributed by atoms with van der Waals surface area (Å²) in [5.74, 6) is 0.00356. The van der Waals surface area contributed by atoms with E-state index in [0.717, 1.165) is 13.0 Å². The molecule has 0 spiro atoms. The number of nitrogens with zero attached hydrogens (tertiary/aromatic N) is 1. The van der Waals surface area contributed by atoms with Crippen molar-refractivity contribution in [2.24, 2.45) is 0 Å². The van der Waals surface area contributed by atoms with E-state index in [2.05, 4.69) is 17.3 Å². The first-order chi connectivity index (χ1) is 10.1. The van der Waals surface area contributed by atoms with E-state index in [4.69, 9.17) is 17.3 Å². The molecule has 1 aliphatic rings. The van der Waals surface area contributed by atoms with Gasteiger partial charge in [0.25, 0.3) is 0 Å². The number of carbonyl (C=O) groups excluding carboxylic acids is 1. The molecule has 1 saturated carbocycles. The molecule has 4 nitrogen and oxygen atoms in total. The third-order valence-electron chi connectivity index (χ3n) is 4.15. The molecule has 1 amide bonds. The molecule has 1 aromatic rings. The highest BCUT2D eigenvalue weighted by atomic mass is 35.5. The Kier molecular flexibility index (Phi) is 5.88. The van der Waals surface area contributed by atoms with Crippen LogP contribution in [0.15, 0.2) is 18.2 Å². The zero-order valence-electron chi connectivity index (χ0n) is 12.6. The van der Waals surface area contributed by atoms with Crippen LogP contribution in [0.5, 0.6) is 0 Å². The Morgan fingerprint density at radius 2 is 2.14 bits per heavy atom. The number of nitrogens with one attached hydrogen (secondary N) is 1. The molecule has 1 aliphatic carbocycles. The number of carbonyl (C=O) groups is 1. The van der Waals surface area contributed by atoms with Gasteiger partial charge in [0.15, 0.2) is 0 Å². The van der Waals surface area contributed by atoms with Crippen LogP contribution in [0.2, 0.25) is 5.02 Å². The van der Waals surface area contributed by atoms with Crippen molar-refractivity contribution in [1.82, 2.24) is 4.90 Å². The maximum Gasteiger partial charge on any atom is 0.224 e. The number of benzene rings is 1. The average molecular weight is 310 g/mol. The fourth-order valence-corrected chi connectivity index (χ4v) is 3.06. The van der Waals surface area contributed by atoms with E-state index < -0.39 is 0 Å². The minimum Gasteiger partial charge on any atom is -0.397 e. The fraction of sp³-hybridized carbons (Fsp3) is 0.562. The van der Waals surface area contributed by atoms with Crippen molar-refractivity contribution >= 4 is 28.9 Å². The van der Waals surface area contributed by atoms with Crippen LogP contribution in [0.25, 0.3) is 0 Å². The highest BCUT2D eigenvalue weighted by molar-refractivity contribution is 6.31. The van der Waals surface area contributed by atoms with Gasteiger partial charge in [-0.3, -0.25) is 4.79 Å². The zero-order valence-corrected chi connectivity index (χ0v) is 13.3. The summed E-state index contributed by atoms with van der Waals surface area (Å²) in [6, 6.07) is 5.81. The highest BCUT2D eigenvalue weighted by Crippen LogP contribution is 2.24. The van der Waals surface area contributed by atoms with Crippen molar-refractivity contribution in [1.29, 1.82) is 0 Å². The summed E-state index contributed by atoms with van der Waals surface area (Å²) in [5, 5.41) is 3.41. The molecular formula is C16H24ClN3O. The SMILES string of the molecule is CN(CCCC(=O)Nc1ccc(Cl)cc1N)C1CCCC1. The summed E-state index contributed by atoms with van der Waals surface area (Å²) in [7, 11) is 2.16. The predicted molar refractivity (Wildman–Crippen MR) is 88.6 cm³/mol. The van der Waals surface area contributed by atoms with Crippen molar-refractivity contribution in [3.8, 4) is 0 Å². The number of amides is 1. The molecule has 0 bridgehead atoms. The van der Waals surface area contributed by atoms with Crippen LogP contribution in [-0.4, -0.2) is 30.4 Å². The van der Waals surface area contributed by atoms with Gasteiger partial charge in [0.1, 0.15) is 0 Å². The van der Waals surface area contributed by atoms with Crippen LogP contribution in [0.4, 0.5) is 11.4 Å². The molecule has 0 saturated heterocycles. The molecule has 0 atom stereocenters. The molecule has 5 heteroatoms. The van der Waals surface area contributed by atoms with Gasteiger partial charge in [0, 0.05) is 17.5 Å². The number of hydrogen-bond acceptors (Lipinski definition) is 3. The Morgan fingerprint density at radius 1 is 1.43 bits per heavy atom. The van der Waals surface area contributed by atoms with Gasteiger partial charge in [-0.1, -0.05) is 24.4 Å². The number of rotatable bonds is 6. The van der Waals surface area contributed by atoms with E-state index in [0.29, 0.717) is 28.9 Å². The van der Waals surface area contributed by atoms with Crippen LogP contribution in [0.1, 0.15) is 38.5 Å². The van der Waals surface area contributed by atoms with E-state index in [1.54, 1.807) is 18.2 Å². The van der Waals surface area contributed by atoms with Gasteiger partial charge in [0.05, 0.1) is 11.4 Å². The van der Waals surface area contributed by atoms with Crippen molar-refractivity contribution in [3.05, 3.63) is 23.2 Å². The van der Waals surface area contributed by atoms with Crippen molar-refractivity contribution in [2.45, 2.75) is 44.6 Å². The lowest BCUT2D eigenvalue weighted by atomic mass is 10.2. The molecule has 0 aliphatic heterocycles. The number of nitrogen functional groups attached to an aromatic ring is 1. The van der Waals surface area contributed by atoms with Gasteiger partial charge >= 0.3 is 0 Å². The van der Waals surface area contributed by atoms with Gasteiger partial charge in [-0.2, -0.15) is 0 Å². The van der Waals surface area contributed by atoms with Gasteiger partial charge in [0.2, 0.25) is 5.91 Å². The lowest BCUT2D eigenvalue weighted by molar-refractivity contribution is -0.116. The topological polar surface area (TPSA) is 58.4 Å². The number of hydrogen-bond donors (Lipinski definition) is 2. The van der Waals surface area contributed by atoms with Crippen molar-refractivity contribution < 1.29 is 4.79 Å². The Labute approximate surface area is 131 Å². The maximum absolute atomic E-state index is 11.9. The summed E-state index contributed by atoms with van der Waals surface area (Å²) in [4.78, 5) is 14.3. The van der Waals surface area contributed by atoms with Crippen LogP contribution >= 0.6 is 11.6 Å². The van der Waals surface area contributed by atoms with E-state index in [9.17, 15) is 4.79 Å². The van der Waals surface area contributed by atoms with Crippen LogP contribution in [0, 0.1) is 0 Å². The molecule has 1 aromatic carbocycles. The molecule has 0 heterocycles. The molecule has 3 N–H and O–H groups in total. The first-order valence-electron chi connectivity index (χ1n) is 7.61. The summed E-state index contributed by atoms with van der Waals surface area (Å²) in [5.41, 5.74) is 6.95. The van der Waals surface area contributed by atoms with Gasteiger partial charge in [-0.05, 0) is 51.1 Å². The van der Waals surface area contributed by atoms with E-state index >= 15 is 0 Å². The molecule has 0 unspecified atom stereocenters. The Balaban J connectivity index is 1.72. The van der Waals surface area contributed by atoms with E-state index in [-0.39, 0.29) is 5.91 Å². The second kappa shape index (κ2) is 7.66. The molecule has 21 heavy (non-hydrogen) atoms. The quantitative estimate of drug-likeness (QED) is 0.791. The summed E-state index contributed by atoms with van der Waals surface area (Å²) in [6.07, 6.45) is 6.65. The molecule has 1 fully saturated rings. The fourth-order valence-electron chi connectivity index (χ4n) is 2.88. The second-order valence-corrected chi connectivity index (χ2v) is 6.24. The Morgan fingerprint density at radius 3 is 2.81 bits per heavy atom. The second-order valence-electron chi connectivity index (χ2n) is 5.80. The zero-order chi connectivity index (χ0) is 15.2. The first-order valence-corrected chi connectivity index (χ1v) is 7.99. The standard InChI is InChI=1S/C16H24ClN3O/c1-20(13-5-2-3-6-13)10-4-7-16(21)19-15-9-8-12(17)11-14(15)18/h8-9,11,13H,2-7,10,18H2,1H3,(H,19,21). The van der Waals surface area contributed by atoms with Gasteiger partial charge in [-0.25, -0.2) is 0 Å². The van der Waals surface area contributed by atoms with Crippen LogP contribution < -0.4 is 11.1 Å². The number of nitrogens with two attached hydrogens (primary N) is 1. The van der Waals surface area contributed by atoms with Gasteiger partial charge in [-0.15, -0.1) is 0 Å². The van der Waals surface area contributed by atoms with Crippen LogP contribution in [0.3, 0.4) is 0 Å². The molecule has 0 radical (unpaired) electrons. The lowest BCUT2D eigenvalue weighted by Gasteiger charge is -2.23. The third-order valence-corrected chi connectivity index (χ3v) is 4.39. The van der Waals surface area contributed by atoms with Crippen LogP contribution in [-0.2, 0) is 4.79 Å². The normalized spacial score (nSPS) is 15.6. The monoisotopic (exact) mass is 309 g/mol. The summed E-state index contributed by atoms with van der Waals surface area (Å²) in [6.45, 7) is 0.966. The van der Waals surface area contributed by atoms with E-state index in [1.165, 1.54) is 25.7 Å². The van der Waals surface area contributed by atoms with E-state index in [1.807, 2.05) is 0 Å². The first kappa shape index (κ1) is 16.1. The smallest absolute Gasteiger partial charge is 0.224 e. The average Bonchev–Trinajstić information content (AvgIpc) is 2.96. The molecule has 116 valence electrons. The highest BCUT2D eigenvalue weighted by Gasteiger charge is 2.19. The number of halogens is 1. The largest absolute Gasteiger partial charge is 0.397 e. The minimum absolute atomic E-state index is 0.00356. The molecule has 2 rings (SSSR count). The Bertz CT molecular complexity index is 486. The van der Waals surface area contributed by atoms with Crippen molar-refractivity contribution in [2.75, 3.05) is 24.6 Å². The minimum atomic E-state index is 0.00356.